The molecule has 0 aromatic heterocycles. The van der Waals surface area contributed by atoms with Crippen molar-refractivity contribution in [2.24, 2.45) is 11.7 Å². The lowest BCUT2D eigenvalue weighted by Gasteiger charge is -2.10. The van der Waals surface area contributed by atoms with Crippen molar-refractivity contribution in [3.8, 4) is 0 Å². The zero-order valence-corrected chi connectivity index (χ0v) is 11.6. The zero-order valence-electron chi connectivity index (χ0n) is 11.6. The van der Waals surface area contributed by atoms with Crippen molar-refractivity contribution >= 4 is 11.7 Å². The Bertz CT molecular complexity index is 394. The lowest BCUT2D eigenvalue weighted by Crippen LogP contribution is -2.31. The van der Waals surface area contributed by atoms with Crippen LogP contribution >= 0.6 is 0 Å². The smallest absolute Gasteiger partial charge is 0.319 e. The molecule has 1 rings (SSSR count). The molecule has 0 heterocycles. The summed E-state index contributed by atoms with van der Waals surface area (Å²) in [5.41, 5.74) is 7.27. The number of benzene rings is 1. The van der Waals surface area contributed by atoms with Crippen molar-refractivity contribution in [2.45, 2.75) is 20.4 Å². The molecule has 0 fully saturated rings. The average molecular weight is 265 g/mol. The first-order valence-corrected chi connectivity index (χ1v) is 6.53. The number of anilines is 1. The molecule has 0 unspecified atom stereocenters. The van der Waals surface area contributed by atoms with Crippen LogP contribution in [0.25, 0.3) is 0 Å². The Hall–Kier alpha value is -1.59. The molecule has 0 atom stereocenters. The van der Waals surface area contributed by atoms with E-state index in [1.807, 2.05) is 24.3 Å². The summed E-state index contributed by atoms with van der Waals surface area (Å²) >= 11 is 0. The number of rotatable bonds is 7. The molecule has 19 heavy (non-hydrogen) atoms. The summed E-state index contributed by atoms with van der Waals surface area (Å²) in [5.74, 6) is 0.507. The zero-order chi connectivity index (χ0) is 14.1. The summed E-state index contributed by atoms with van der Waals surface area (Å²) in [4.78, 5) is 11.6. The Morgan fingerprint density at radius 2 is 2.21 bits per heavy atom. The van der Waals surface area contributed by atoms with Crippen LogP contribution in [0.5, 0.6) is 0 Å². The molecule has 5 nitrogen and oxygen atoms in total. The number of carbonyl (C=O) groups is 1. The largest absolute Gasteiger partial charge is 0.379 e. The van der Waals surface area contributed by atoms with Gasteiger partial charge >= 0.3 is 6.03 Å². The van der Waals surface area contributed by atoms with Crippen LogP contribution in [0.1, 0.15) is 19.4 Å². The van der Waals surface area contributed by atoms with E-state index < -0.39 is 0 Å². The molecule has 1 aromatic carbocycles. The van der Waals surface area contributed by atoms with E-state index in [4.69, 9.17) is 10.5 Å². The van der Waals surface area contributed by atoms with Crippen LogP contribution in [0.2, 0.25) is 0 Å². The van der Waals surface area contributed by atoms with E-state index in [9.17, 15) is 4.79 Å². The molecule has 0 spiro atoms. The summed E-state index contributed by atoms with van der Waals surface area (Å²) in [7, 11) is 0. The van der Waals surface area contributed by atoms with Crippen molar-refractivity contribution in [2.75, 3.05) is 25.1 Å². The van der Waals surface area contributed by atoms with Gasteiger partial charge in [-0.25, -0.2) is 4.79 Å². The van der Waals surface area contributed by atoms with Crippen LogP contribution < -0.4 is 16.4 Å². The Labute approximate surface area is 114 Å². The molecule has 0 radical (unpaired) electrons. The first-order valence-electron chi connectivity index (χ1n) is 6.53. The second kappa shape index (κ2) is 8.50. The minimum absolute atomic E-state index is 0.234. The van der Waals surface area contributed by atoms with E-state index in [0.717, 1.165) is 11.3 Å². The molecule has 0 bridgehead atoms. The van der Waals surface area contributed by atoms with Gasteiger partial charge < -0.3 is 21.1 Å². The molecule has 0 saturated carbocycles. The van der Waals surface area contributed by atoms with Crippen LogP contribution in [-0.2, 0) is 11.3 Å². The van der Waals surface area contributed by atoms with E-state index >= 15 is 0 Å². The summed E-state index contributed by atoms with van der Waals surface area (Å²) in [6.45, 7) is 6.36. The minimum Gasteiger partial charge on any atom is -0.379 e. The van der Waals surface area contributed by atoms with Gasteiger partial charge in [0.1, 0.15) is 0 Å². The summed E-state index contributed by atoms with van der Waals surface area (Å²) in [6, 6.07) is 7.23. The molecule has 0 aliphatic rings. The number of amides is 2. The Balaban J connectivity index is 2.23. The van der Waals surface area contributed by atoms with E-state index in [0.29, 0.717) is 32.2 Å². The molecule has 5 heteroatoms. The van der Waals surface area contributed by atoms with Crippen molar-refractivity contribution in [3.05, 3.63) is 29.8 Å². The number of carbonyl (C=O) groups excluding carboxylic acids is 1. The minimum atomic E-state index is -0.234. The SMILES string of the molecule is CC(C)COCCNC(=O)Nc1cccc(CN)c1. The summed E-state index contributed by atoms with van der Waals surface area (Å²) in [6.07, 6.45) is 0. The highest BCUT2D eigenvalue weighted by molar-refractivity contribution is 5.89. The molecule has 2 amide bonds. The van der Waals surface area contributed by atoms with Crippen molar-refractivity contribution in [3.63, 3.8) is 0 Å². The van der Waals surface area contributed by atoms with Crippen LogP contribution in [0.15, 0.2) is 24.3 Å². The first kappa shape index (κ1) is 15.5. The molecule has 106 valence electrons. The number of hydrogen-bond donors (Lipinski definition) is 3. The third-order valence-corrected chi connectivity index (χ3v) is 2.40. The van der Waals surface area contributed by atoms with Crippen molar-refractivity contribution in [1.82, 2.24) is 5.32 Å². The van der Waals surface area contributed by atoms with Gasteiger partial charge in [-0.1, -0.05) is 26.0 Å². The second-order valence-corrected chi connectivity index (χ2v) is 4.75. The van der Waals surface area contributed by atoms with E-state index in [2.05, 4.69) is 24.5 Å². The molecular formula is C14H23N3O2. The van der Waals surface area contributed by atoms with Crippen molar-refractivity contribution < 1.29 is 9.53 Å². The van der Waals surface area contributed by atoms with Crippen LogP contribution in [0, 0.1) is 5.92 Å². The predicted octanol–water partition coefficient (Wildman–Crippen LogP) is 1.94. The van der Waals surface area contributed by atoms with Crippen LogP contribution in [-0.4, -0.2) is 25.8 Å². The standard InChI is InChI=1S/C14H23N3O2/c1-11(2)10-19-7-6-16-14(18)17-13-5-3-4-12(8-13)9-15/h3-5,8,11H,6-7,9-10,15H2,1-2H3,(H2,16,17,18). The van der Waals surface area contributed by atoms with Gasteiger partial charge in [0.05, 0.1) is 6.61 Å². The lowest BCUT2D eigenvalue weighted by molar-refractivity contribution is 0.113. The number of hydrogen-bond acceptors (Lipinski definition) is 3. The maximum Gasteiger partial charge on any atom is 0.319 e. The highest BCUT2D eigenvalue weighted by atomic mass is 16.5. The molecule has 4 N–H and O–H groups in total. The normalized spacial score (nSPS) is 10.5. The Kier molecular flexibility index (Phi) is 6.92. The van der Waals surface area contributed by atoms with Gasteiger partial charge in [-0.05, 0) is 23.6 Å². The number of nitrogens with one attached hydrogen (secondary N) is 2. The van der Waals surface area contributed by atoms with Gasteiger partial charge in [0, 0.05) is 25.4 Å². The summed E-state index contributed by atoms with van der Waals surface area (Å²) < 4.78 is 5.37. The fourth-order valence-electron chi connectivity index (χ4n) is 1.51. The lowest BCUT2D eigenvalue weighted by atomic mass is 10.2. The fourth-order valence-corrected chi connectivity index (χ4v) is 1.51. The second-order valence-electron chi connectivity index (χ2n) is 4.75. The monoisotopic (exact) mass is 265 g/mol. The average Bonchev–Trinajstić information content (AvgIpc) is 2.38. The molecule has 0 aliphatic carbocycles. The fraction of sp³-hybridized carbons (Fsp3) is 0.500. The van der Waals surface area contributed by atoms with E-state index in [1.165, 1.54) is 0 Å². The molecular weight excluding hydrogens is 242 g/mol. The van der Waals surface area contributed by atoms with Gasteiger partial charge in [0.2, 0.25) is 0 Å². The predicted molar refractivity (Wildman–Crippen MR) is 77.0 cm³/mol. The molecule has 1 aromatic rings. The molecule has 0 saturated heterocycles. The van der Waals surface area contributed by atoms with Gasteiger partial charge in [-0.2, -0.15) is 0 Å². The number of ether oxygens (including phenoxy) is 1. The molecule has 0 aliphatic heterocycles. The number of nitrogens with two attached hydrogens (primary N) is 1. The van der Waals surface area contributed by atoms with Crippen molar-refractivity contribution in [1.29, 1.82) is 0 Å². The Morgan fingerprint density at radius 3 is 2.89 bits per heavy atom. The topological polar surface area (TPSA) is 76.4 Å². The summed E-state index contributed by atoms with van der Waals surface area (Å²) in [5, 5.41) is 5.49. The highest BCUT2D eigenvalue weighted by Crippen LogP contribution is 2.09. The Morgan fingerprint density at radius 1 is 1.42 bits per heavy atom. The third kappa shape index (κ3) is 6.79. The van der Waals surface area contributed by atoms with E-state index in [-0.39, 0.29) is 6.03 Å². The van der Waals surface area contributed by atoms with Gasteiger partial charge in [-0.3, -0.25) is 0 Å². The van der Waals surface area contributed by atoms with Crippen LogP contribution in [0.3, 0.4) is 0 Å². The highest BCUT2D eigenvalue weighted by Gasteiger charge is 2.01. The quantitative estimate of drug-likeness (QED) is 0.659. The first-order chi connectivity index (χ1) is 9.11. The maximum atomic E-state index is 11.6. The number of urea groups is 1. The van der Waals surface area contributed by atoms with Gasteiger partial charge in [0.15, 0.2) is 0 Å². The third-order valence-electron chi connectivity index (χ3n) is 2.40. The maximum absolute atomic E-state index is 11.6. The van der Waals surface area contributed by atoms with E-state index in [1.54, 1.807) is 0 Å². The van der Waals surface area contributed by atoms with Crippen LogP contribution in [0.4, 0.5) is 10.5 Å². The van der Waals surface area contributed by atoms with Gasteiger partial charge in [0.25, 0.3) is 0 Å². The van der Waals surface area contributed by atoms with Gasteiger partial charge in [-0.15, -0.1) is 0 Å².